The zero-order chi connectivity index (χ0) is 13.7. The lowest BCUT2D eigenvalue weighted by Crippen LogP contribution is -2.25. The molecule has 0 saturated heterocycles. The summed E-state index contributed by atoms with van der Waals surface area (Å²) in [5.74, 6) is -3.52. The summed E-state index contributed by atoms with van der Waals surface area (Å²) in [5, 5.41) is 17.6. The van der Waals surface area contributed by atoms with Crippen molar-refractivity contribution in [1.82, 2.24) is 0 Å². The van der Waals surface area contributed by atoms with E-state index in [1.807, 2.05) is 12.1 Å². The number of carboxylic acids is 2. The third-order valence-electron chi connectivity index (χ3n) is 3.20. The number of hydrogen-bond donors (Lipinski definition) is 2. The first kappa shape index (κ1) is 14.2. The Hall–Kier alpha value is -1.84. The minimum atomic E-state index is -1.38. The Bertz CT molecular complexity index is 408. The molecule has 4 heteroatoms. The summed E-state index contributed by atoms with van der Waals surface area (Å²) in [5.41, 5.74) is 1.92. The van der Waals surface area contributed by atoms with Crippen LogP contribution < -0.4 is 0 Å². The first-order valence-electron chi connectivity index (χ1n) is 6.00. The van der Waals surface area contributed by atoms with Gasteiger partial charge in [0.15, 0.2) is 5.92 Å². The molecule has 0 spiro atoms. The van der Waals surface area contributed by atoms with Crippen molar-refractivity contribution in [2.75, 3.05) is 0 Å². The largest absolute Gasteiger partial charge is 0.481 e. The minimum absolute atomic E-state index is 0.0193. The third-order valence-corrected chi connectivity index (χ3v) is 3.20. The van der Waals surface area contributed by atoms with Gasteiger partial charge in [-0.05, 0) is 29.9 Å². The molecule has 0 aliphatic heterocycles. The van der Waals surface area contributed by atoms with Crippen molar-refractivity contribution in [3.05, 3.63) is 35.4 Å². The average Bonchev–Trinajstić information content (AvgIpc) is 2.35. The average molecular weight is 250 g/mol. The molecule has 0 fully saturated rings. The predicted molar refractivity (Wildman–Crippen MR) is 67.6 cm³/mol. The third kappa shape index (κ3) is 3.58. The van der Waals surface area contributed by atoms with E-state index in [9.17, 15) is 9.59 Å². The van der Waals surface area contributed by atoms with Gasteiger partial charge in [0.25, 0.3) is 0 Å². The van der Waals surface area contributed by atoms with Gasteiger partial charge in [0.2, 0.25) is 0 Å². The molecule has 0 aromatic heterocycles. The van der Waals surface area contributed by atoms with Crippen LogP contribution >= 0.6 is 0 Å². The smallest absolute Gasteiger partial charge is 0.318 e. The molecule has 0 radical (unpaired) electrons. The van der Waals surface area contributed by atoms with E-state index in [0.29, 0.717) is 5.92 Å². The van der Waals surface area contributed by atoms with Gasteiger partial charge in [0.1, 0.15) is 0 Å². The van der Waals surface area contributed by atoms with Crippen molar-refractivity contribution in [3.63, 3.8) is 0 Å². The minimum Gasteiger partial charge on any atom is -0.481 e. The van der Waals surface area contributed by atoms with Gasteiger partial charge in [0.05, 0.1) is 0 Å². The van der Waals surface area contributed by atoms with E-state index in [4.69, 9.17) is 10.2 Å². The molecule has 18 heavy (non-hydrogen) atoms. The van der Waals surface area contributed by atoms with Gasteiger partial charge in [-0.1, -0.05) is 38.1 Å². The van der Waals surface area contributed by atoms with Gasteiger partial charge >= 0.3 is 11.9 Å². The van der Waals surface area contributed by atoms with Crippen LogP contribution in [0.25, 0.3) is 0 Å². The fraction of sp³-hybridized carbons (Fsp3) is 0.429. The lowest BCUT2D eigenvalue weighted by molar-refractivity contribution is -0.154. The van der Waals surface area contributed by atoms with Crippen LogP contribution in [-0.2, 0) is 16.0 Å². The topological polar surface area (TPSA) is 74.6 Å². The Morgan fingerprint density at radius 1 is 1.11 bits per heavy atom. The molecule has 1 atom stereocenters. The fourth-order valence-electron chi connectivity index (χ4n) is 1.73. The van der Waals surface area contributed by atoms with E-state index in [2.05, 4.69) is 13.8 Å². The van der Waals surface area contributed by atoms with Gasteiger partial charge in [-0.15, -0.1) is 0 Å². The number of aliphatic carboxylic acids is 2. The second kappa shape index (κ2) is 6.19. The van der Waals surface area contributed by atoms with Crippen LogP contribution in [0.1, 0.15) is 37.3 Å². The molecule has 0 bridgehead atoms. The van der Waals surface area contributed by atoms with Crippen LogP contribution in [-0.4, -0.2) is 22.2 Å². The standard InChI is InChI=1S/C14H18O4/c1-3-9(2)11-6-4-10(5-7-11)8-12(13(15)16)14(17)18/h4-7,9,12H,3,8H2,1-2H3,(H,15,16)(H,17,18). The quantitative estimate of drug-likeness (QED) is 0.761. The van der Waals surface area contributed by atoms with E-state index in [-0.39, 0.29) is 6.42 Å². The second-order valence-electron chi connectivity index (χ2n) is 4.48. The van der Waals surface area contributed by atoms with Gasteiger partial charge in [-0.3, -0.25) is 9.59 Å². The number of hydrogen-bond acceptors (Lipinski definition) is 2. The second-order valence-corrected chi connectivity index (χ2v) is 4.48. The van der Waals surface area contributed by atoms with Gasteiger partial charge in [-0.2, -0.15) is 0 Å². The molecule has 1 aromatic carbocycles. The molecule has 2 N–H and O–H groups in total. The Labute approximate surface area is 106 Å². The maximum absolute atomic E-state index is 10.8. The molecule has 1 unspecified atom stereocenters. The van der Waals surface area contributed by atoms with Gasteiger partial charge < -0.3 is 10.2 Å². The highest BCUT2D eigenvalue weighted by atomic mass is 16.4. The van der Waals surface area contributed by atoms with Crippen molar-refractivity contribution in [1.29, 1.82) is 0 Å². The van der Waals surface area contributed by atoms with E-state index >= 15 is 0 Å². The molecule has 0 aliphatic carbocycles. The van der Waals surface area contributed by atoms with E-state index in [1.165, 1.54) is 5.56 Å². The molecule has 0 saturated carbocycles. The van der Waals surface area contributed by atoms with E-state index in [1.54, 1.807) is 12.1 Å². The lowest BCUT2D eigenvalue weighted by Gasteiger charge is -2.11. The fourth-order valence-corrected chi connectivity index (χ4v) is 1.73. The normalized spacial score (nSPS) is 12.4. The molecule has 0 aliphatic rings. The maximum atomic E-state index is 10.8. The molecule has 1 rings (SSSR count). The van der Waals surface area contributed by atoms with Crippen LogP contribution in [0.15, 0.2) is 24.3 Å². The van der Waals surface area contributed by atoms with Crippen LogP contribution in [0.5, 0.6) is 0 Å². The van der Waals surface area contributed by atoms with E-state index < -0.39 is 17.9 Å². The Kier molecular flexibility index (Phi) is 4.89. The van der Waals surface area contributed by atoms with Crippen molar-refractivity contribution in [2.24, 2.45) is 5.92 Å². The Morgan fingerprint density at radius 2 is 1.61 bits per heavy atom. The van der Waals surface area contributed by atoms with Crippen molar-refractivity contribution < 1.29 is 19.8 Å². The summed E-state index contributed by atoms with van der Waals surface area (Å²) in [6.07, 6.45) is 1.05. The number of benzene rings is 1. The van der Waals surface area contributed by atoms with Crippen LogP contribution in [0.2, 0.25) is 0 Å². The summed E-state index contributed by atoms with van der Waals surface area (Å²) in [6.45, 7) is 4.22. The molecule has 0 heterocycles. The SMILES string of the molecule is CCC(C)c1ccc(CC(C(=O)O)C(=O)O)cc1. The van der Waals surface area contributed by atoms with Gasteiger partial charge in [-0.25, -0.2) is 0 Å². The summed E-state index contributed by atoms with van der Waals surface area (Å²) in [4.78, 5) is 21.6. The summed E-state index contributed by atoms with van der Waals surface area (Å²) in [7, 11) is 0. The van der Waals surface area contributed by atoms with Crippen LogP contribution in [0.3, 0.4) is 0 Å². The van der Waals surface area contributed by atoms with E-state index in [0.717, 1.165) is 12.0 Å². The molecule has 1 aromatic rings. The monoisotopic (exact) mass is 250 g/mol. The summed E-state index contributed by atoms with van der Waals surface area (Å²) < 4.78 is 0. The van der Waals surface area contributed by atoms with Gasteiger partial charge in [0, 0.05) is 0 Å². The van der Waals surface area contributed by atoms with Crippen LogP contribution in [0.4, 0.5) is 0 Å². The summed E-state index contributed by atoms with van der Waals surface area (Å²) in [6, 6.07) is 7.48. The van der Waals surface area contributed by atoms with Crippen molar-refractivity contribution >= 4 is 11.9 Å². The van der Waals surface area contributed by atoms with Crippen molar-refractivity contribution in [3.8, 4) is 0 Å². The zero-order valence-corrected chi connectivity index (χ0v) is 10.6. The Morgan fingerprint density at radius 3 is 2.00 bits per heavy atom. The highest BCUT2D eigenvalue weighted by molar-refractivity contribution is 5.93. The summed E-state index contributed by atoms with van der Waals surface area (Å²) >= 11 is 0. The lowest BCUT2D eigenvalue weighted by atomic mass is 9.94. The highest BCUT2D eigenvalue weighted by Crippen LogP contribution is 2.20. The first-order chi connectivity index (χ1) is 8.45. The molecule has 0 amide bonds. The number of rotatable bonds is 6. The predicted octanol–water partition coefficient (Wildman–Crippen LogP) is 2.53. The maximum Gasteiger partial charge on any atom is 0.318 e. The molecular weight excluding hydrogens is 232 g/mol. The molecule has 98 valence electrons. The Balaban J connectivity index is 2.79. The van der Waals surface area contributed by atoms with Crippen LogP contribution in [0, 0.1) is 5.92 Å². The zero-order valence-electron chi connectivity index (χ0n) is 10.6. The highest BCUT2D eigenvalue weighted by Gasteiger charge is 2.25. The number of carboxylic acid groups (broad SMARTS) is 2. The molecule has 4 nitrogen and oxygen atoms in total. The molecular formula is C14H18O4. The first-order valence-corrected chi connectivity index (χ1v) is 6.00. The number of carbonyl (C=O) groups is 2. The van der Waals surface area contributed by atoms with Crippen molar-refractivity contribution in [2.45, 2.75) is 32.6 Å².